The highest BCUT2D eigenvalue weighted by Gasteiger charge is 2.61. The molecule has 0 aliphatic heterocycles. The van der Waals surface area contributed by atoms with E-state index in [4.69, 9.17) is 9.47 Å². The van der Waals surface area contributed by atoms with Gasteiger partial charge < -0.3 is 14.0 Å². The number of hydrogen-bond donors (Lipinski definition) is 0. The van der Waals surface area contributed by atoms with Crippen LogP contribution in [0.15, 0.2) is 11.2 Å². The molecule has 4 aliphatic carbocycles. The van der Waals surface area contributed by atoms with Crippen molar-refractivity contribution in [3.8, 4) is 0 Å². The molecule has 2 unspecified atom stereocenters. The SMILES string of the molecule is COCCn1cc(COC)sc1=NC(=O)C12CC3CC(CC1C3)C2. The standard InChI is InChI=1S/C18H26N2O3S/c1-22-4-3-20-10-15(11-23-2)24-17(20)19-16(21)18-8-12-5-13(9-18)7-14(18)6-12/h10,12-14H,3-9,11H2,1-2H3. The maximum atomic E-state index is 13.1. The zero-order valence-corrected chi connectivity index (χ0v) is 15.3. The van der Waals surface area contributed by atoms with E-state index in [1.54, 1.807) is 25.6 Å². The lowest BCUT2D eigenvalue weighted by Gasteiger charge is -2.29. The Morgan fingerprint density at radius 1 is 1.29 bits per heavy atom. The highest BCUT2D eigenvalue weighted by atomic mass is 32.1. The maximum absolute atomic E-state index is 13.1. The van der Waals surface area contributed by atoms with Crippen LogP contribution in [0.2, 0.25) is 0 Å². The number of thiazole rings is 1. The van der Waals surface area contributed by atoms with E-state index >= 15 is 0 Å². The quantitative estimate of drug-likeness (QED) is 0.792. The number of nitrogens with zero attached hydrogens (tertiary/aromatic N) is 2. The van der Waals surface area contributed by atoms with E-state index in [0.717, 1.165) is 34.4 Å². The highest BCUT2D eigenvalue weighted by molar-refractivity contribution is 7.09. The number of ether oxygens (including phenoxy) is 2. The van der Waals surface area contributed by atoms with Gasteiger partial charge >= 0.3 is 0 Å². The fraction of sp³-hybridized carbons (Fsp3) is 0.778. The average molecular weight is 350 g/mol. The predicted molar refractivity (Wildman–Crippen MR) is 91.5 cm³/mol. The van der Waals surface area contributed by atoms with Gasteiger partial charge in [-0.1, -0.05) is 11.3 Å². The molecule has 0 spiro atoms. The molecule has 1 heterocycles. The number of aromatic nitrogens is 1. The first-order valence-electron chi connectivity index (χ1n) is 8.91. The zero-order valence-electron chi connectivity index (χ0n) is 14.5. The molecule has 24 heavy (non-hydrogen) atoms. The van der Waals surface area contributed by atoms with Gasteiger partial charge in [-0.25, -0.2) is 0 Å². The van der Waals surface area contributed by atoms with Gasteiger partial charge in [0.25, 0.3) is 5.91 Å². The number of carbonyl (C=O) groups excluding carboxylic acids is 1. The monoisotopic (exact) mass is 350 g/mol. The van der Waals surface area contributed by atoms with Crippen molar-refractivity contribution < 1.29 is 14.3 Å². The molecule has 0 N–H and O–H groups in total. The molecule has 1 amide bonds. The van der Waals surface area contributed by atoms with Crippen molar-refractivity contribution in [2.45, 2.75) is 45.3 Å². The van der Waals surface area contributed by atoms with Gasteiger partial charge in [0.15, 0.2) is 4.80 Å². The lowest BCUT2D eigenvalue weighted by molar-refractivity contribution is -0.129. The van der Waals surface area contributed by atoms with Gasteiger partial charge in [-0.15, -0.1) is 0 Å². The van der Waals surface area contributed by atoms with Crippen LogP contribution in [0, 0.1) is 23.2 Å². The largest absolute Gasteiger partial charge is 0.383 e. The maximum Gasteiger partial charge on any atom is 0.254 e. The Kier molecular flexibility index (Phi) is 4.39. The Bertz CT molecular complexity index is 679. The van der Waals surface area contributed by atoms with Gasteiger partial charge in [0.1, 0.15) is 0 Å². The smallest absolute Gasteiger partial charge is 0.254 e. The fourth-order valence-corrected chi connectivity index (χ4v) is 6.40. The van der Waals surface area contributed by atoms with Gasteiger partial charge in [-0.2, -0.15) is 4.99 Å². The van der Waals surface area contributed by atoms with Gasteiger partial charge in [-0.3, -0.25) is 4.79 Å². The Morgan fingerprint density at radius 2 is 2.04 bits per heavy atom. The Morgan fingerprint density at radius 3 is 2.71 bits per heavy atom. The Labute approximate surface area is 146 Å². The average Bonchev–Trinajstić information content (AvgIpc) is 3.13. The topological polar surface area (TPSA) is 52.8 Å². The Balaban J connectivity index is 1.64. The summed E-state index contributed by atoms with van der Waals surface area (Å²) in [6, 6.07) is 0. The summed E-state index contributed by atoms with van der Waals surface area (Å²) in [6.45, 7) is 1.88. The van der Waals surface area contributed by atoms with Crippen LogP contribution in [0.4, 0.5) is 0 Å². The van der Waals surface area contributed by atoms with Crippen molar-refractivity contribution in [3.63, 3.8) is 0 Å². The molecule has 5 nitrogen and oxygen atoms in total. The van der Waals surface area contributed by atoms with Gasteiger partial charge in [0.2, 0.25) is 0 Å². The molecule has 4 bridgehead atoms. The molecular formula is C18H26N2O3S. The van der Waals surface area contributed by atoms with Crippen molar-refractivity contribution in [2.24, 2.45) is 28.2 Å². The second kappa shape index (κ2) is 6.39. The molecule has 4 aliphatic rings. The van der Waals surface area contributed by atoms with Crippen molar-refractivity contribution >= 4 is 17.2 Å². The second-order valence-electron chi connectivity index (χ2n) is 7.72. The minimum absolute atomic E-state index is 0.134. The van der Waals surface area contributed by atoms with E-state index in [9.17, 15) is 4.79 Å². The summed E-state index contributed by atoms with van der Waals surface area (Å²) in [5, 5.41) is 0. The molecular weight excluding hydrogens is 324 g/mol. The van der Waals surface area contributed by atoms with Crippen molar-refractivity contribution in [3.05, 3.63) is 15.9 Å². The first-order valence-corrected chi connectivity index (χ1v) is 9.72. The van der Waals surface area contributed by atoms with Gasteiger partial charge in [0, 0.05) is 27.0 Å². The van der Waals surface area contributed by atoms with E-state index in [-0.39, 0.29) is 11.3 Å². The minimum atomic E-state index is -0.141. The van der Waals surface area contributed by atoms with Crippen LogP contribution >= 0.6 is 11.3 Å². The summed E-state index contributed by atoms with van der Waals surface area (Å²) in [6.07, 6.45) is 8.03. The first-order chi connectivity index (χ1) is 11.6. The van der Waals surface area contributed by atoms with E-state index in [1.807, 2.05) is 10.8 Å². The molecule has 4 fully saturated rings. The molecule has 0 aromatic carbocycles. The van der Waals surface area contributed by atoms with Crippen LogP contribution in [0.25, 0.3) is 0 Å². The molecule has 5 rings (SSSR count). The third kappa shape index (κ3) is 2.68. The summed E-state index contributed by atoms with van der Waals surface area (Å²) in [7, 11) is 3.38. The number of hydrogen-bond acceptors (Lipinski definition) is 4. The summed E-state index contributed by atoms with van der Waals surface area (Å²) in [5.41, 5.74) is -0.141. The minimum Gasteiger partial charge on any atom is -0.383 e. The fourth-order valence-electron chi connectivity index (χ4n) is 5.42. The van der Waals surface area contributed by atoms with Crippen LogP contribution in [0.1, 0.15) is 37.0 Å². The van der Waals surface area contributed by atoms with Crippen LogP contribution in [0.3, 0.4) is 0 Å². The summed E-state index contributed by atoms with van der Waals surface area (Å²) >= 11 is 1.56. The predicted octanol–water partition coefficient (Wildman–Crippen LogP) is 2.60. The molecule has 4 saturated carbocycles. The molecule has 6 heteroatoms. The number of carbonyl (C=O) groups is 1. The van der Waals surface area contributed by atoms with E-state index in [1.165, 1.54) is 19.3 Å². The number of methoxy groups -OCH3 is 2. The van der Waals surface area contributed by atoms with Crippen molar-refractivity contribution in [1.29, 1.82) is 0 Å². The van der Waals surface area contributed by atoms with Crippen molar-refractivity contribution in [1.82, 2.24) is 4.57 Å². The van der Waals surface area contributed by atoms with E-state index in [0.29, 0.717) is 25.7 Å². The van der Waals surface area contributed by atoms with Crippen LogP contribution in [-0.4, -0.2) is 31.3 Å². The molecule has 132 valence electrons. The summed E-state index contributed by atoms with van der Waals surface area (Å²) in [5.74, 6) is 2.27. The van der Waals surface area contributed by atoms with E-state index in [2.05, 4.69) is 4.99 Å². The molecule has 2 atom stereocenters. The first kappa shape index (κ1) is 16.5. The van der Waals surface area contributed by atoms with Gasteiger partial charge in [-0.05, 0) is 49.9 Å². The number of rotatable bonds is 6. The van der Waals surface area contributed by atoms with Crippen LogP contribution < -0.4 is 4.80 Å². The van der Waals surface area contributed by atoms with Gasteiger partial charge in [0.05, 0.1) is 23.5 Å². The summed E-state index contributed by atoms with van der Waals surface area (Å²) in [4.78, 5) is 19.6. The lowest BCUT2D eigenvalue weighted by atomic mass is 9.75. The zero-order chi connectivity index (χ0) is 16.7. The molecule has 0 saturated heterocycles. The second-order valence-corrected chi connectivity index (χ2v) is 8.81. The molecule has 0 radical (unpaired) electrons. The number of amides is 1. The van der Waals surface area contributed by atoms with Crippen LogP contribution in [-0.2, 0) is 27.4 Å². The Hall–Kier alpha value is -0.980. The third-order valence-corrected chi connectivity index (χ3v) is 7.20. The molecule has 1 aromatic rings. The lowest BCUT2D eigenvalue weighted by Crippen LogP contribution is -2.33. The normalized spacial score (nSPS) is 34.4. The summed E-state index contributed by atoms with van der Waals surface area (Å²) < 4.78 is 12.5. The highest BCUT2D eigenvalue weighted by Crippen LogP contribution is 2.65. The van der Waals surface area contributed by atoms with Crippen molar-refractivity contribution in [2.75, 3.05) is 20.8 Å². The van der Waals surface area contributed by atoms with E-state index < -0.39 is 0 Å². The third-order valence-electron chi connectivity index (χ3n) is 6.20. The molecule has 1 aromatic heterocycles. The van der Waals surface area contributed by atoms with Crippen LogP contribution in [0.5, 0.6) is 0 Å².